The van der Waals surface area contributed by atoms with Gasteiger partial charge in [0.25, 0.3) is 0 Å². The molecule has 116 valence electrons. The van der Waals surface area contributed by atoms with Gasteiger partial charge in [-0.1, -0.05) is 60.7 Å². The number of nitrogens with zero attached hydrogens (tertiary/aromatic N) is 2. The minimum absolute atomic E-state index is 1.01. The molecule has 0 aliphatic carbocycles. The predicted octanol–water partition coefficient (Wildman–Crippen LogP) is 5.95. The number of hydrogen-bond donors (Lipinski definition) is 0. The highest BCUT2D eigenvalue weighted by Crippen LogP contribution is 2.37. The second kappa shape index (κ2) is 4.58. The number of benzene rings is 3. The van der Waals surface area contributed by atoms with Crippen LogP contribution in [0, 0.1) is 0 Å². The molecule has 0 aliphatic rings. The fourth-order valence-corrected chi connectivity index (χ4v) is 4.14. The summed E-state index contributed by atoms with van der Waals surface area (Å²) in [5, 5.41) is 8.83. The van der Waals surface area contributed by atoms with Gasteiger partial charge in [-0.2, -0.15) is 0 Å². The molecular weight excluding hydrogens is 304 g/mol. The van der Waals surface area contributed by atoms with Crippen LogP contribution in [0.15, 0.2) is 85.2 Å². The van der Waals surface area contributed by atoms with Crippen molar-refractivity contribution in [3.8, 4) is 0 Å². The lowest BCUT2D eigenvalue weighted by atomic mass is 9.98. The number of rotatable bonds is 0. The van der Waals surface area contributed by atoms with Crippen molar-refractivity contribution in [3.63, 3.8) is 0 Å². The van der Waals surface area contributed by atoms with E-state index in [-0.39, 0.29) is 0 Å². The fraction of sp³-hybridized carbons (Fsp3) is 0. The molecule has 0 saturated carbocycles. The lowest BCUT2D eigenvalue weighted by Crippen LogP contribution is -1.92. The Hall–Kier alpha value is -3.39. The van der Waals surface area contributed by atoms with Crippen molar-refractivity contribution in [2.75, 3.05) is 0 Å². The average Bonchev–Trinajstić information content (AvgIpc) is 3.07. The summed E-state index contributed by atoms with van der Waals surface area (Å²) in [5.41, 5.74) is 2.25. The van der Waals surface area contributed by atoms with Crippen LogP contribution in [0.25, 0.3) is 48.9 Å². The molecule has 0 spiro atoms. The van der Waals surface area contributed by atoms with Crippen LogP contribution in [0.5, 0.6) is 0 Å². The Morgan fingerprint density at radius 3 is 2.28 bits per heavy atom. The third-order valence-electron chi connectivity index (χ3n) is 5.19. The summed E-state index contributed by atoms with van der Waals surface area (Å²) >= 11 is 0. The topological polar surface area (TPSA) is 17.3 Å². The van der Waals surface area contributed by atoms with Gasteiger partial charge < -0.3 is 0 Å². The van der Waals surface area contributed by atoms with E-state index in [1.54, 1.807) is 0 Å². The lowest BCUT2D eigenvalue weighted by molar-refractivity contribution is 1.21. The van der Waals surface area contributed by atoms with Crippen molar-refractivity contribution < 1.29 is 0 Å². The first-order valence-electron chi connectivity index (χ1n) is 8.50. The zero-order valence-electron chi connectivity index (χ0n) is 13.5. The number of fused-ring (bicyclic) bond motifs is 10. The minimum Gasteiger partial charge on any atom is -0.299 e. The summed E-state index contributed by atoms with van der Waals surface area (Å²) < 4.78 is 2.25. The van der Waals surface area contributed by atoms with Crippen molar-refractivity contribution in [1.82, 2.24) is 9.38 Å². The average molecular weight is 318 g/mol. The Morgan fingerprint density at radius 1 is 0.600 bits per heavy atom. The molecule has 0 atom stereocenters. The highest BCUT2D eigenvalue weighted by atomic mass is 15.0. The van der Waals surface area contributed by atoms with Gasteiger partial charge >= 0.3 is 0 Å². The quantitative estimate of drug-likeness (QED) is 0.316. The maximum atomic E-state index is 4.72. The van der Waals surface area contributed by atoms with Crippen LogP contribution >= 0.6 is 0 Å². The number of hydrogen-bond acceptors (Lipinski definition) is 1. The van der Waals surface area contributed by atoms with E-state index in [1.807, 2.05) is 12.3 Å². The molecule has 0 bridgehead atoms. The molecule has 0 amide bonds. The van der Waals surface area contributed by atoms with Crippen LogP contribution in [-0.4, -0.2) is 9.38 Å². The maximum Gasteiger partial charge on any atom is 0.145 e. The Bertz CT molecular complexity index is 1440. The monoisotopic (exact) mass is 318 g/mol. The van der Waals surface area contributed by atoms with Gasteiger partial charge in [-0.25, -0.2) is 4.98 Å². The summed E-state index contributed by atoms with van der Waals surface area (Å²) in [7, 11) is 0. The van der Waals surface area contributed by atoms with Crippen LogP contribution in [-0.2, 0) is 0 Å². The molecule has 3 aromatic carbocycles. The van der Waals surface area contributed by atoms with E-state index in [0.717, 1.165) is 5.65 Å². The van der Waals surface area contributed by atoms with E-state index in [2.05, 4.69) is 77.3 Å². The van der Waals surface area contributed by atoms with E-state index in [4.69, 9.17) is 4.98 Å². The zero-order valence-corrected chi connectivity index (χ0v) is 13.5. The minimum atomic E-state index is 1.01. The molecule has 0 radical (unpaired) electrons. The van der Waals surface area contributed by atoms with Gasteiger partial charge in [0.05, 0.1) is 5.52 Å². The third-order valence-corrected chi connectivity index (χ3v) is 5.19. The van der Waals surface area contributed by atoms with Crippen LogP contribution in [0.3, 0.4) is 0 Å². The van der Waals surface area contributed by atoms with Gasteiger partial charge in [0.2, 0.25) is 0 Å². The first-order valence-corrected chi connectivity index (χ1v) is 8.50. The molecule has 0 unspecified atom stereocenters. The van der Waals surface area contributed by atoms with Crippen molar-refractivity contribution in [3.05, 3.63) is 85.2 Å². The van der Waals surface area contributed by atoms with E-state index in [1.165, 1.54) is 43.2 Å². The zero-order chi connectivity index (χ0) is 16.4. The van der Waals surface area contributed by atoms with Crippen LogP contribution < -0.4 is 0 Å². The molecule has 3 aromatic heterocycles. The molecule has 6 rings (SSSR count). The van der Waals surface area contributed by atoms with Gasteiger partial charge in [-0.15, -0.1) is 0 Å². The molecule has 0 N–H and O–H groups in total. The van der Waals surface area contributed by atoms with Gasteiger partial charge in [0.1, 0.15) is 5.65 Å². The van der Waals surface area contributed by atoms with Gasteiger partial charge in [-0.3, -0.25) is 4.40 Å². The molecule has 2 nitrogen and oxygen atoms in total. The fourth-order valence-electron chi connectivity index (χ4n) is 4.14. The third kappa shape index (κ3) is 1.61. The molecular formula is C23H14N2. The van der Waals surface area contributed by atoms with Crippen molar-refractivity contribution >= 4 is 48.9 Å². The van der Waals surface area contributed by atoms with Crippen LogP contribution in [0.4, 0.5) is 0 Å². The Balaban J connectivity index is 2.07. The standard InChI is InChI=1S/C23H14N2/c1-3-8-17-15(6-1)11-12-19-21(17)20-10-5-13-24-23(20)25-14-16-7-2-4-9-18(16)22(19)25/h1-14H. The predicted molar refractivity (Wildman–Crippen MR) is 105 cm³/mol. The first-order chi connectivity index (χ1) is 12.4. The molecule has 0 aliphatic heterocycles. The molecule has 25 heavy (non-hydrogen) atoms. The van der Waals surface area contributed by atoms with Gasteiger partial charge in [-0.05, 0) is 22.9 Å². The molecule has 0 saturated heterocycles. The lowest BCUT2D eigenvalue weighted by Gasteiger charge is -2.11. The van der Waals surface area contributed by atoms with E-state index < -0.39 is 0 Å². The Labute approximate surface area is 143 Å². The van der Waals surface area contributed by atoms with E-state index in [0.29, 0.717) is 0 Å². The van der Waals surface area contributed by atoms with Crippen LogP contribution in [0.2, 0.25) is 0 Å². The van der Waals surface area contributed by atoms with Gasteiger partial charge in [0, 0.05) is 39.3 Å². The number of aromatic nitrogens is 2. The second-order valence-electron chi connectivity index (χ2n) is 6.52. The highest BCUT2D eigenvalue weighted by molar-refractivity contribution is 6.26. The normalized spacial score (nSPS) is 12.0. The summed E-state index contributed by atoms with van der Waals surface area (Å²) in [4.78, 5) is 4.72. The van der Waals surface area contributed by atoms with E-state index in [9.17, 15) is 0 Å². The first kappa shape index (κ1) is 13.0. The Kier molecular flexibility index (Phi) is 2.37. The van der Waals surface area contributed by atoms with Crippen LogP contribution in [0.1, 0.15) is 0 Å². The van der Waals surface area contributed by atoms with Crippen molar-refractivity contribution in [1.29, 1.82) is 0 Å². The molecule has 6 aromatic rings. The summed E-state index contributed by atoms with van der Waals surface area (Å²) in [6.07, 6.45) is 4.08. The molecule has 0 fully saturated rings. The maximum absolute atomic E-state index is 4.72. The highest BCUT2D eigenvalue weighted by Gasteiger charge is 2.14. The largest absolute Gasteiger partial charge is 0.299 e. The Morgan fingerprint density at radius 2 is 1.36 bits per heavy atom. The number of pyridine rings is 2. The summed E-state index contributed by atoms with van der Waals surface area (Å²) in [6.45, 7) is 0. The van der Waals surface area contributed by atoms with E-state index >= 15 is 0 Å². The SMILES string of the molecule is c1ccc2c(c1)ccc1c2c2cccnc2n2cc3ccccc3c12. The molecule has 3 heterocycles. The molecule has 2 heteroatoms. The summed E-state index contributed by atoms with van der Waals surface area (Å²) in [5.74, 6) is 0. The summed E-state index contributed by atoms with van der Waals surface area (Å²) in [6, 6.07) is 25.9. The van der Waals surface area contributed by atoms with Gasteiger partial charge in [0.15, 0.2) is 0 Å². The smallest absolute Gasteiger partial charge is 0.145 e. The van der Waals surface area contributed by atoms with Crippen molar-refractivity contribution in [2.24, 2.45) is 0 Å². The second-order valence-corrected chi connectivity index (χ2v) is 6.52. The van der Waals surface area contributed by atoms with Crippen molar-refractivity contribution in [2.45, 2.75) is 0 Å².